The van der Waals surface area contributed by atoms with Gasteiger partial charge in [-0.2, -0.15) is 11.8 Å². The summed E-state index contributed by atoms with van der Waals surface area (Å²) in [6.07, 6.45) is 2.03. The fourth-order valence-corrected chi connectivity index (χ4v) is 1.56. The molecule has 0 saturated carbocycles. The molecule has 1 N–H and O–H groups in total. The Morgan fingerprint density at radius 1 is 1.50 bits per heavy atom. The maximum absolute atomic E-state index is 9.15. The van der Waals surface area contributed by atoms with Crippen LogP contribution < -0.4 is 4.74 Å². The molecular formula is C9H12O2S. The predicted octanol–water partition coefficient (Wildman–Crippen LogP) is 2.26. The van der Waals surface area contributed by atoms with Crippen LogP contribution in [-0.2, 0) is 5.75 Å². The molecule has 0 aliphatic carbocycles. The van der Waals surface area contributed by atoms with E-state index in [4.69, 9.17) is 9.84 Å². The van der Waals surface area contributed by atoms with E-state index in [2.05, 4.69) is 0 Å². The van der Waals surface area contributed by atoms with Gasteiger partial charge in [-0.1, -0.05) is 6.07 Å². The molecule has 0 fully saturated rings. The molecule has 0 bridgehead atoms. The van der Waals surface area contributed by atoms with Gasteiger partial charge in [-0.3, -0.25) is 0 Å². The molecule has 0 amide bonds. The highest BCUT2D eigenvalue weighted by Gasteiger charge is 2.02. The van der Waals surface area contributed by atoms with Crippen molar-refractivity contribution in [3.8, 4) is 11.5 Å². The zero-order chi connectivity index (χ0) is 8.97. The van der Waals surface area contributed by atoms with Gasteiger partial charge in [0.15, 0.2) is 0 Å². The molecule has 0 unspecified atom stereocenters. The molecule has 1 aromatic rings. The van der Waals surface area contributed by atoms with Crippen molar-refractivity contribution in [2.24, 2.45) is 0 Å². The number of hydrogen-bond acceptors (Lipinski definition) is 3. The van der Waals surface area contributed by atoms with Gasteiger partial charge in [0.25, 0.3) is 0 Å². The third kappa shape index (κ3) is 2.08. The van der Waals surface area contributed by atoms with Crippen LogP contribution in [0.3, 0.4) is 0 Å². The van der Waals surface area contributed by atoms with Gasteiger partial charge in [-0.05, 0) is 12.3 Å². The summed E-state index contributed by atoms with van der Waals surface area (Å²) in [5, 5.41) is 9.15. The van der Waals surface area contributed by atoms with E-state index in [1.54, 1.807) is 31.0 Å². The van der Waals surface area contributed by atoms with Crippen LogP contribution in [0.5, 0.6) is 11.5 Å². The number of phenolic OH excluding ortho intramolecular Hbond substituents is 1. The minimum Gasteiger partial charge on any atom is -0.508 e. The van der Waals surface area contributed by atoms with Crippen LogP contribution in [0.25, 0.3) is 0 Å². The van der Waals surface area contributed by atoms with Crippen LogP contribution in [-0.4, -0.2) is 18.5 Å². The lowest BCUT2D eigenvalue weighted by atomic mass is 10.2. The Balaban J connectivity index is 2.94. The predicted molar refractivity (Wildman–Crippen MR) is 51.9 cm³/mol. The van der Waals surface area contributed by atoms with Crippen LogP contribution in [0, 0.1) is 0 Å². The zero-order valence-corrected chi connectivity index (χ0v) is 8.02. The Morgan fingerprint density at radius 2 is 2.25 bits per heavy atom. The lowest BCUT2D eigenvalue weighted by Gasteiger charge is -2.06. The number of rotatable bonds is 3. The van der Waals surface area contributed by atoms with Crippen molar-refractivity contribution < 1.29 is 9.84 Å². The second-order valence-corrected chi connectivity index (χ2v) is 3.30. The first-order valence-corrected chi connectivity index (χ1v) is 5.02. The van der Waals surface area contributed by atoms with E-state index in [-0.39, 0.29) is 5.75 Å². The number of ether oxygens (including phenoxy) is 1. The van der Waals surface area contributed by atoms with Crippen molar-refractivity contribution in [1.29, 1.82) is 0 Å². The minimum absolute atomic E-state index is 0.247. The molecular weight excluding hydrogens is 172 g/mol. The van der Waals surface area contributed by atoms with Crippen molar-refractivity contribution in [3.63, 3.8) is 0 Å². The van der Waals surface area contributed by atoms with Crippen LogP contribution in [0.1, 0.15) is 5.56 Å². The van der Waals surface area contributed by atoms with Crippen molar-refractivity contribution >= 4 is 11.8 Å². The topological polar surface area (TPSA) is 29.5 Å². The molecule has 0 aromatic heterocycles. The van der Waals surface area contributed by atoms with Crippen LogP contribution in [0.2, 0.25) is 0 Å². The van der Waals surface area contributed by atoms with Gasteiger partial charge < -0.3 is 9.84 Å². The second kappa shape index (κ2) is 4.26. The summed E-state index contributed by atoms with van der Waals surface area (Å²) in [4.78, 5) is 0. The monoisotopic (exact) mass is 184 g/mol. The summed E-state index contributed by atoms with van der Waals surface area (Å²) in [5.41, 5.74) is 1.11. The first kappa shape index (κ1) is 9.26. The number of aromatic hydroxyl groups is 1. The third-order valence-corrected chi connectivity index (χ3v) is 2.17. The molecule has 0 atom stereocenters. The van der Waals surface area contributed by atoms with Crippen molar-refractivity contribution in [1.82, 2.24) is 0 Å². The molecule has 0 aliphatic rings. The van der Waals surface area contributed by atoms with Gasteiger partial charge in [-0.25, -0.2) is 0 Å². The first-order valence-electron chi connectivity index (χ1n) is 3.62. The lowest BCUT2D eigenvalue weighted by Crippen LogP contribution is -1.89. The molecule has 1 rings (SSSR count). The summed E-state index contributed by atoms with van der Waals surface area (Å²) in [5.74, 6) is 1.91. The third-order valence-electron chi connectivity index (χ3n) is 1.57. The summed E-state index contributed by atoms with van der Waals surface area (Å²) in [6.45, 7) is 0. The highest BCUT2D eigenvalue weighted by molar-refractivity contribution is 7.97. The summed E-state index contributed by atoms with van der Waals surface area (Å²) < 4.78 is 5.11. The summed E-state index contributed by atoms with van der Waals surface area (Å²) in [6, 6.07) is 5.18. The lowest BCUT2D eigenvalue weighted by molar-refractivity contribution is 0.404. The smallest absolute Gasteiger partial charge is 0.126 e. The number of thioether (sulfide) groups is 1. The highest BCUT2D eigenvalue weighted by atomic mass is 32.2. The molecule has 0 radical (unpaired) electrons. The molecule has 66 valence electrons. The molecule has 2 nitrogen and oxygen atoms in total. The summed E-state index contributed by atoms with van der Waals surface area (Å²) >= 11 is 1.73. The maximum Gasteiger partial charge on any atom is 0.126 e. The van der Waals surface area contributed by atoms with Crippen LogP contribution in [0.4, 0.5) is 0 Å². The van der Waals surface area contributed by atoms with E-state index in [0.717, 1.165) is 17.1 Å². The first-order chi connectivity index (χ1) is 5.77. The molecule has 12 heavy (non-hydrogen) atoms. The zero-order valence-electron chi connectivity index (χ0n) is 7.20. The Labute approximate surface area is 76.6 Å². The number of hydrogen-bond donors (Lipinski definition) is 1. The SMILES string of the molecule is COc1cc(O)ccc1CSC. The van der Waals surface area contributed by atoms with Gasteiger partial charge in [0.1, 0.15) is 11.5 Å². The molecule has 0 saturated heterocycles. The molecule has 1 aromatic carbocycles. The minimum atomic E-state index is 0.247. The summed E-state index contributed by atoms with van der Waals surface area (Å²) in [7, 11) is 1.61. The van der Waals surface area contributed by atoms with E-state index in [0.29, 0.717) is 0 Å². The van der Waals surface area contributed by atoms with Crippen LogP contribution >= 0.6 is 11.8 Å². The van der Waals surface area contributed by atoms with Crippen molar-refractivity contribution in [3.05, 3.63) is 23.8 Å². The number of methoxy groups -OCH3 is 1. The normalized spacial score (nSPS) is 9.83. The van der Waals surface area contributed by atoms with E-state index in [1.165, 1.54) is 0 Å². The largest absolute Gasteiger partial charge is 0.508 e. The van der Waals surface area contributed by atoms with E-state index in [9.17, 15) is 0 Å². The molecule has 0 aliphatic heterocycles. The van der Waals surface area contributed by atoms with E-state index in [1.807, 2.05) is 12.3 Å². The Hall–Kier alpha value is -0.830. The van der Waals surface area contributed by atoms with Crippen molar-refractivity contribution in [2.45, 2.75) is 5.75 Å². The van der Waals surface area contributed by atoms with Gasteiger partial charge in [0.05, 0.1) is 7.11 Å². The number of phenols is 1. The van der Waals surface area contributed by atoms with Gasteiger partial charge >= 0.3 is 0 Å². The van der Waals surface area contributed by atoms with Crippen molar-refractivity contribution in [2.75, 3.05) is 13.4 Å². The average Bonchev–Trinajstić information content (AvgIpc) is 2.08. The van der Waals surface area contributed by atoms with Crippen LogP contribution in [0.15, 0.2) is 18.2 Å². The van der Waals surface area contributed by atoms with E-state index < -0.39 is 0 Å². The molecule has 0 spiro atoms. The molecule has 0 heterocycles. The fraction of sp³-hybridized carbons (Fsp3) is 0.333. The average molecular weight is 184 g/mol. The fourth-order valence-electron chi connectivity index (χ4n) is 1.01. The maximum atomic E-state index is 9.15. The Kier molecular flexibility index (Phi) is 3.29. The number of benzene rings is 1. The van der Waals surface area contributed by atoms with Gasteiger partial charge in [0.2, 0.25) is 0 Å². The Bertz CT molecular complexity index is 261. The van der Waals surface area contributed by atoms with Gasteiger partial charge in [0, 0.05) is 17.4 Å². The quantitative estimate of drug-likeness (QED) is 0.781. The Morgan fingerprint density at radius 3 is 2.83 bits per heavy atom. The van der Waals surface area contributed by atoms with Gasteiger partial charge in [-0.15, -0.1) is 0 Å². The standard InChI is InChI=1S/C9H12O2S/c1-11-9-5-8(10)4-3-7(9)6-12-2/h3-5,10H,6H2,1-2H3. The second-order valence-electron chi connectivity index (χ2n) is 2.43. The van der Waals surface area contributed by atoms with E-state index >= 15 is 0 Å². The molecule has 3 heteroatoms. The highest BCUT2D eigenvalue weighted by Crippen LogP contribution is 2.26.